The van der Waals surface area contributed by atoms with Gasteiger partial charge in [0.25, 0.3) is 5.91 Å². The van der Waals surface area contributed by atoms with Crippen LogP contribution in [0.1, 0.15) is 37.1 Å². The predicted octanol–water partition coefficient (Wildman–Crippen LogP) is 3.51. The Morgan fingerprint density at radius 1 is 1.24 bits per heavy atom. The monoisotopic (exact) mass is 453 g/mol. The van der Waals surface area contributed by atoms with E-state index in [-0.39, 0.29) is 17.9 Å². The summed E-state index contributed by atoms with van der Waals surface area (Å²) in [7, 11) is 3.39. The SMILES string of the molecule is CC[C@@H]1CN2CCc3c([nH]c4cccc(OC)c34)[C@@H]2C[C@@H]1/C(=C\OC)C(=O)N1CCOCC1. The Kier molecular flexibility index (Phi) is 6.34. The van der Waals surface area contributed by atoms with Gasteiger partial charge in [-0.05, 0) is 42.4 Å². The van der Waals surface area contributed by atoms with E-state index in [2.05, 4.69) is 22.9 Å². The van der Waals surface area contributed by atoms with Crippen molar-refractivity contribution in [1.82, 2.24) is 14.8 Å². The highest BCUT2D eigenvalue weighted by Crippen LogP contribution is 2.47. The number of H-pyrrole nitrogens is 1. The van der Waals surface area contributed by atoms with Crippen LogP contribution < -0.4 is 4.74 Å². The molecule has 3 atom stereocenters. The fourth-order valence-electron chi connectivity index (χ4n) is 6.12. The van der Waals surface area contributed by atoms with Crippen molar-refractivity contribution in [2.45, 2.75) is 32.2 Å². The smallest absolute Gasteiger partial charge is 0.253 e. The van der Waals surface area contributed by atoms with Gasteiger partial charge in [0, 0.05) is 42.8 Å². The van der Waals surface area contributed by atoms with Crippen molar-refractivity contribution in [3.63, 3.8) is 0 Å². The molecule has 1 aromatic heterocycles. The topological polar surface area (TPSA) is 67.0 Å². The molecule has 4 heterocycles. The molecule has 3 aliphatic rings. The maximum atomic E-state index is 13.6. The van der Waals surface area contributed by atoms with E-state index in [4.69, 9.17) is 14.2 Å². The van der Waals surface area contributed by atoms with Crippen LogP contribution in [0.3, 0.4) is 0 Å². The molecule has 5 rings (SSSR count). The van der Waals surface area contributed by atoms with Crippen LogP contribution >= 0.6 is 0 Å². The normalized spacial score (nSPS) is 26.1. The van der Waals surface area contributed by atoms with Crippen molar-refractivity contribution < 1.29 is 19.0 Å². The van der Waals surface area contributed by atoms with Gasteiger partial charge in [-0.1, -0.05) is 19.4 Å². The number of hydrogen-bond acceptors (Lipinski definition) is 5. The van der Waals surface area contributed by atoms with Gasteiger partial charge in [-0.15, -0.1) is 0 Å². The zero-order valence-corrected chi connectivity index (χ0v) is 19.9. The van der Waals surface area contributed by atoms with Crippen LogP contribution in [0.25, 0.3) is 10.9 Å². The minimum Gasteiger partial charge on any atom is -0.504 e. The molecule has 0 saturated carbocycles. The Labute approximate surface area is 195 Å². The van der Waals surface area contributed by atoms with Crippen LogP contribution in [-0.2, 0) is 20.7 Å². The number of amides is 1. The maximum absolute atomic E-state index is 13.6. The standard InChI is InChI=1S/C26H35N3O4/c1-4-17-15-29-9-8-18-24-21(6-5-7-23(24)32-3)27-25(18)22(29)14-19(17)20(16-31-2)26(30)28-10-12-33-13-11-28/h5-7,16-17,19,22,27H,4,8-15H2,1-3H3/b20-16+/t17-,19+,22+/m1/s1. The Hall–Kier alpha value is -2.51. The molecule has 2 fully saturated rings. The van der Waals surface area contributed by atoms with Gasteiger partial charge in [-0.25, -0.2) is 0 Å². The molecule has 0 aliphatic carbocycles. The van der Waals surface area contributed by atoms with Gasteiger partial charge >= 0.3 is 0 Å². The summed E-state index contributed by atoms with van der Waals surface area (Å²) in [6.07, 6.45) is 4.67. The molecule has 2 saturated heterocycles. The zero-order chi connectivity index (χ0) is 22.9. The van der Waals surface area contributed by atoms with E-state index < -0.39 is 0 Å². The Balaban J connectivity index is 1.50. The second kappa shape index (κ2) is 9.39. The number of hydrogen-bond donors (Lipinski definition) is 1. The number of aromatic amines is 1. The number of rotatable bonds is 5. The van der Waals surface area contributed by atoms with Crippen LogP contribution in [0.15, 0.2) is 30.0 Å². The summed E-state index contributed by atoms with van der Waals surface area (Å²) in [5.41, 5.74) is 4.60. The number of aromatic nitrogens is 1. The number of fused-ring (bicyclic) bond motifs is 5. The predicted molar refractivity (Wildman–Crippen MR) is 127 cm³/mol. The molecular weight excluding hydrogens is 418 g/mol. The average Bonchev–Trinajstić information content (AvgIpc) is 3.26. The highest BCUT2D eigenvalue weighted by molar-refractivity contribution is 5.94. The first-order chi connectivity index (χ1) is 16.2. The van der Waals surface area contributed by atoms with Crippen LogP contribution in [0, 0.1) is 11.8 Å². The summed E-state index contributed by atoms with van der Waals surface area (Å²) >= 11 is 0. The third-order valence-electron chi connectivity index (χ3n) is 7.79. The molecule has 1 N–H and O–H groups in total. The van der Waals surface area contributed by atoms with E-state index in [1.807, 2.05) is 17.0 Å². The summed E-state index contributed by atoms with van der Waals surface area (Å²) in [6.45, 7) is 6.76. The summed E-state index contributed by atoms with van der Waals surface area (Å²) < 4.78 is 16.6. The molecule has 33 heavy (non-hydrogen) atoms. The Bertz CT molecular complexity index is 1040. The third kappa shape index (κ3) is 3.91. The number of carbonyl (C=O) groups excluding carboxylic acids is 1. The Morgan fingerprint density at radius 3 is 2.79 bits per heavy atom. The van der Waals surface area contributed by atoms with Crippen LogP contribution in [0.5, 0.6) is 5.75 Å². The van der Waals surface area contributed by atoms with Gasteiger partial charge in [0.2, 0.25) is 0 Å². The van der Waals surface area contributed by atoms with Crippen molar-refractivity contribution in [2.75, 3.05) is 53.6 Å². The van der Waals surface area contributed by atoms with E-state index in [0.717, 1.165) is 49.2 Å². The first-order valence-corrected chi connectivity index (χ1v) is 12.2. The summed E-state index contributed by atoms with van der Waals surface area (Å²) in [5.74, 6) is 1.62. The van der Waals surface area contributed by atoms with Gasteiger partial charge in [0.1, 0.15) is 5.75 Å². The number of carbonyl (C=O) groups is 1. The van der Waals surface area contributed by atoms with E-state index in [0.29, 0.717) is 32.2 Å². The summed E-state index contributed by atoms with van der Waals surface area (Å²) in [4.78, 5) is 21.8. The van der Waals surface area contributed by atoms with Gasteiger partial charge in [-0.2, -0.15) is 0 Å². The van der Waals surface area contributed by atoms with E-state index >= 15 is 0 Å². The van der Waals surface area contributed by atoms with Crippen molar-refractivity contribution in [1.29, 1.82) is 0 Å². The van der Waals surface area contributed by atoms with Crippen LogP contribution in [0.4, 0.5) is 0 Å². The molecule has 0 bridgehead atoms. The molecule has 7 heteroatoms. The van der Waals surface area contributed by atoms with Gasteiger partial charge in [-0.3, -0.25) is 9.69 Å². The molecule has 7 nitrogen and oxygen atoms in total. The molecule has 1 aromatic carbocycles. The lowest BCUT2D eigenvalue weighted by Gasteiger charge is -2.47. The zero-order valence-electron chi connectivity index (χ0n) is 19.9. The molecule has 1 amide bonds. The number of nitrogens with one attached hydrogen (secondary N) is 1. The number of methoxy groups -OCH3 is 2. The second-order valence-electron chi connectivity index (χ2n) is 9.38. The number of nitrogens with zero attached hydrogens (tertiary/aromatic N) is 2. The number of ether oxygens (including phenoxy) is 3. The largest absolute Gasteiger partial charge is 0.504 e. The summed E-state index contributed by atoms with van der Waals surface area (Å²) in [6, 6.07) is 6.47. The van der Waals surface area contributed by atoms with Crippen molar-refractivity contribution >= 4 is 16.8 Å². The number of benzene rings is 1. The molecule has 3 aliphatic heterocycles. The minimum atomic E-state index is 0.103. The van der Waals surface area contributed by atoms with Crippen molar-refractivity contribution in [3.8, 4) is 5.75 Å². The van der Waals surface area contributed by atoms with Crippen molar-refractivity contribution in [3.05, 3.63) is 41.3 Å². The van der Waals surface area contributed by atoms with E-state index in [1.54, 1.807) is 20.5 Å². The van der Waals surface area contributed by atoms with Gasteiger partial charge in [0.05, 0.1) is 45.3 Å². The van der Waals surface area contributed by atoms with E-state index in [1.165, 1.54) is 16.6 Å². The van der Waals surface area contributed by atoms with Crippen LogP contribution in [-0.4, -0.2) is 74.3 Å². The fraction of sp³-hybridized carbons (Fsp3) is 0.577. The molecule has 178 valence electrons. The highest BCUT2D eigenvalue weighted by atomic mass is 16.5. The first kappa shape index (κ1) is 22.3. The number of morpholine rings is 1. The first-order valence-electron chi connectivity index (χ1n) is 12.2. The quantitative estimate of drug-likeness (QED) is 0.554. The lowest BCUT2D eigenvalue weighted by Crippen LogP contribution is -2.49. The maximum Gasteiger partial charge on any atom is 0.253 e. The van der Waals surface area contributed by atoms with Gasteiger partial charge in [0.15, 0.2) is 0 Å². The van der Waals surface area contributed by atoms with Crippen molar-refractivity contribution in [2.24, 2.45) is 11.8 Å². The van der Waals surface area contributed by atoms with Crippen LogP contribution in [0.2, 0.25) is 0 Å². The molecule has 0 unspecified atom stereocenters. The Morgan fingerprint density at radius 2 is 2.06 bits per heavy atom. The van der Waals surface area contributed by atoms with E-state index in [9.17, 15) is 4.79 Å². The molecule has 0 radical (unpaired) electrons. The minimum absolute atomic E-state index is 0.103. The second-order valence-corrected chi connectivity index (χ2v) is 9.38. The molecule has 2 aromatic rings. The summed E-state index contributed by atoms with van der Waals surface area (Å²) in [5, 5.41) is 1.21. The molecule has 0 spiro atoms. The lowest BCUT2D eigenvalue weighted by molar-refractivity contribution is -0.132. The number of piperidine rings is 1. The molecular formula is C26H35N3O4. The van der Waals surface area contributed by atoms with Gasteiger partial charge < -0.3 is 24.1 Å². The average molecular weight is 454 g/mol. The third-order valence-corrected chi connectivity index (χ3v) is 7.79. The fourth-order valence-corrected chi connectivity index (χ4v) is 6.12. The highest BCUT2D eigenvalue weighted by Gasteiger charge is 2.43. The lowest BCUT2D eigenvalue weighted by atomic mass is 9.73.